The Morgan fingerprint density at radius 2 is 1.89 bits per heavy atom. The summed E-state index contributed by atoms with van der Waals surface area (Å²) in [6, 6.07) is 15.2. The van der Waals surface area contributed by atoms with Gasteiger partial charge in [-0.1, -0.05) is 41.6 Å². The van der Waals surface area contributed by atoms with Gasteiger partial charge in [-0.25, -0.2) is 4.68 Å². The summed E-state index contributed by atoms with van der Waals surface area (Å²) < 4.78 is 1.96. The molecule has 1 saturated heterocycles. The van der Waals surface area contributed by atoms with Crippen LogP contribution in [0.25, 0.3) is 22.0 Å². The predicted octanol–water partition coefficient (Wildman–Crippen LogP) is 2.24. The maximum absolute atomic E-state index is 4.28. The molecule has 19 heavy (non-hydrogen) atoms. The van der Waals surface area contributed by atoms with E-state index in [2.05, 4.69) is 58.1 Å². The zero-order chi connectivity index (χ0) is 12.7. The normalized spacial score (nSPS) is 15.6. The number of nitrogens with zero attached hydrogens (tertiary/aromatic N) is 3. The molecule has 1 fully saturated rings. The van der Waals surface area contributed by atoms with E-state index in [1.807, 2.05) is 10.9 Å². The van der Waals surface area contributed by atoms with Crippen molar-refractivity contribution in [2.24, 2.45) is 0 Å². The van der Waals surface area contributed by atoms with Crippen molar-refractivity contribution in [3.8, 4) is 11.3 Å². The second-order valence-electron chi connectivity index (χ2n) is 4.96. The number of fused-ring (bicyclic) bond motifs is 1. The number of rotatable bonds is 2. The van der Waals surface area contributed by atoms with Crippen LogP contribution in [0.4, 0.5) is 0 Å². The third-order valence-electron chi connectivity index (χ3n) is 3.69. The van der Waals surface area contributed by atoms with E-state index < -0.39 is 0 Å². The second-order valence-corrected chi connectivity index (χ2v) is 4.96. The molecule has 0 atom stereocenters. The Labute approximate surface area is 111 Å². The van der Waals surface area contributed by atoms with Gasteiger partial charge in [-0.05, 0) is 16.8 Å². The monoisotopic (exact) mass is 250 g/mol. The third-order valence-corrected chi connectivity index (χ3v) is 3.69. The fraction of sp³-hybridized carbons (Fsp3) is 0.200. The molecule has 1 aliphatic heterocycles. The van der Waals surface area contributed by atoms with Gasteiger partial charge in [0.15, 0.2) is 0 Å². The fourth-order valence-corrected chi connectivity index (χ4v) is 2.40. The Morgan fingerprint density at radius 3 is 2.68 bits per heavy atom. The van der Waals surface area contributed by atoms with Crippen LogP contribution in [0.2, 0.25) is 0 Å². The zero-order valence-corrected chi connectivity index (χ0v) is 10.5. The fourth-order valence-electron chi connectivity index (χ4n) is 2.40. The van der Waals surface area contributed by atoms with Gasteiger partial charge in [-0.2, -0.15) is 0 Å². The van der Waals surface area contributed by atoms with Crippen molar-refractivity contribution < 1.29 is 0 Å². The molecule has 0 aliphatic carbocycles. The van der Waals surface area contributed by atoms with Crippen molar-refractivity contribution in [3.63, 3.8) is 0 Å². The Hall–Kier alpha value is -2.20. The van der Waals surface area contributed by atoms with E-state index in [-0.39, 0.29) is 0 Å². The molecule has 4 nitrogen and oxygen atoms in total. The third kappa shape index (κ3) is 1.81. The summed E-state index contributed by atoms with van der Waals surface area (Å²) in [7, 11) is 0. The molecule has 0 amide bonds. The molecule has 0 radical (unpaired) electrons. The first-order valence-electron chi connectivity index (χ1n) is 6.52. The number of nitrogens with one attached hydrogen (secondary N) is 1. The highest BCUT2D eigenvalue weighted by atomic mass is 15.4. The molecule has 3 aromatic rings. The molecular weight excluding hydrogens is 236 g/mol. The highest BCUT2D eigenvalue weighted by Gasteiger charge is 2.20. The molecule has 0 saturated carbocycles. The summed E-state index contributed by atoms with van der Waals surface area (Å²) in [6.45, 7) is 1.97. The van der Waals surface area contributed by atoms with Crippen LogP contribution in [-0.2, 0) is 0 Å². The van der Waals surface area contributed by atoms with E-state index in [0.717, 1.165) is 24.3 Å². The highest BCUT2D eigenvalue weighted by molar-refractivity contribution is 5.86. The number of hydrogen-bond acceptors (Lipinski definition) is 3. The van der Waals surface area contributed by atoms with E-state index in [9.17, 15) is 0 Å². The molecule has 94 valence electrons. The van der Waals surface area contributed by atoms with Gasteiger partial charge in [-0.3, -0.25) is 0 Å². The summed E-state index contributed by atoms with van der Waals surface area (Å²) >= 11 is 0. The Bertz CT molecular complexity index is 728. The van der Waals surface area contributed by atoms with Gasteiger partial charge >= 0.3 is 0 Å². The highest BCUT2D eigenvalue weighted by Crippen LogP contribution is 2.23. The molecule has 4 heteroatoms. The standard InChI is InChI=1S/C15H14N4/c1-2-4-12-7-13(6-5-11(12)3-1)15-10-19(18-17-15)14-8-16-9-14/h1-7,10,14,16H,8-9H2. The molecule has 1 aliphatic rings. The van der Waals surface area contributed by atoms with Crippen LogP contribution in [0, 0.1) is 0 Å². The minimum Gasteiger partial charge on any atom is -0.312 e. The summed E-state index contributed by atoms with van der Waals surface area (Å²) in [5.41, 5.74) is 2.06. The van der Waals surface area contributed by atoms with E-state index in [4.69, 9.17) is 0 Å². The van der Waals surface area contributed by atoms with E-state index in [1.165, 1.54) is 10.8 Å². The lowest BCUT2D eigenvalue weighted by atomic mass is 10.1. The summed E-state index contributed by atoms with van der Waals surface area (Å²) in [6.07, 6.45) is 2.04. The van der Waals surface area contributed by atoms with Crippen LogP contribution in [0.15, 0.2) is 48.7 Å². The second kappa shape index (κ2) is 4.17. The molecule has 0 bridgehead atoms. The first-order chi connectivity index (χ1) is 9.40. The van der Waals surface area contributed by atoms with Crippen molar-refractivity contribution in [3.05, 3.63) is 48.7 Å². The molecular formula is C15H14N4. The van der Waals surface area contributed by atoms with Crippen molar-refractivity contribution in [2.75, 3.05) is 13.1 Å². The lowest BCUT2D eigenvalue weighted by molar-refractivity contribution is 0.313. The maximum Gasteiger partial charge on any atom is 0.113 e. The first-order valence-corrected chi connectivity index (χ1v) is 6.52. The lowest BCUT2D eigenvalue weighted by Crippen LogP contribution is -2.43. The molecule has 1 aromatic heterocycles. The Kier molecular flexibility index (Phi) is 2.35. The van der Waals surface area contributed by atoms with Gasteiger partial charge in [0, 0.05) is 18.7 Å². The number of benzene rings is 2. The molecule has 0 spiro atoms. The molecule has 4 rings (SSSR count). The zero-order valence-electron chi connectivity index (χ0n) is 10.5. The first kappa shape index (κ1) is 10.7. The SMILES string of the molecule is c1ccc2cc(-c3cn(C4CNC4)nn3)ccc2c1. The molecule has 2 aromatic carbocycles. The van der Waals surface area contributed by atoms with Gasteiger partial charge in [-0.15, -0.1) is 5.10 Å². The van der Waals surface area contributed by atoms with Crippen molar-refractivity contribution in [1.82, 2.24) is 20.3 Å². The van der Waals surface area contributed by atoms with Gasteiger partial charge in [0.1, 0.15) is 5.69 Å². The van der Waals surface area contributed by atoms with Crippen LogP contribution < -0.4 is 5.32 Å². The molecule has 2 heterocycles. The Balaban J connectivity index is 1.74. The maximum atomic E-state index is 4.28. The lowest BCUT2D eigenvalue weighted by Gasteiger charge is -2.26. The van der Waals surface area contributed by atoms with Crippen LogP contribution in [-0.4, -0.2) is 28.1 Å². The van der Waals surface area contributed by atoms with E-state index in [1.54, 1.807) is 0 Å². The van der Waals surface area contributed by atoms with Crippen LogP contribution in [0.5, 0.6) is 0 Å². The van der Waals surface area contributed by atoms with E-state index in [0.29, 0.717) is 6.04 Å². The van der Waals surface area contributed by atoms with Gasteiger partial charge in [0.2, 0.25) is 0 Å². The average Bonchev–Trinajstić information content (AvgIpc) is 2.85. The molecule has 0 unspecified atom stereocenters. The van der Waals surface area contributed by atoms with E-state index >= 15 is 0 Å². The van der Waals surface area contributed by atoms with Crippen molar-refractivity contribution >= 4 is 10.8 Å². The van der Waals surface area contributed by atoms with Crippen LogP contribution in [0.3, 0.4) is 0 Å². The van der Waals surface area contributed by atoms with Crippen molar-refractivity contribution in [1.29, 1.82) is 0 Å². The van der Waals surface area contributed by atoms with Gasteiger partial charge < -0.3 is 5.32 Å². The van der Waals surface area contributed by atoms with Crippen LogP contribution >= 0.6 is 0 Å². The number of aromatic nitrogens is 3. The minimum atomic E-state index is 0.460. The number of hydrogen-bond donors (Lipinski definition) is 1. The predicted molar refractivity (Wildman–Crippen MR) is 74.9 cm³/mol. The molecule has 1 N–H and O–H groups in total. The largest absolute Gasteiger partial charge is 0.312 e. The van der Waals surface area contributed by atoms with Crippen LogP contribution in [0.1, 0.15) is 6.04 Å². The summed E-state index contributed by atoms with van der Waals surface area (Å²) in [5, 5.41) is 14.2. The summed E-state index contributed by atoms with van der Waals surface area (Å²) in [5.74, 6) is 0. The van der Waals surface area contributed by atoms with Gasteiger partial charge in [0.05, 0.1) is 12.2 Å². The summed E-state index contributed by atoms with van der Waals surface area (Å²) in [4.78, 5) is 0. The topological polar surface area (TPSA) is 42.7 Å². The van der Waals surface area contributed by atoms with Gasteiger partial charge in [0.25, 0.3) is 0 Å². The Morgan fingerprint density at radius 1 is 1.05 bits per heavy atom. The average molecular weight is 250 g/mol. The minimum absolute atomic E-state index is 0.460. The quantitative estimate of drug-likeness (QED) is 0.758. The van der Waals surface area contributed by atoms with Crippen molar-refractivity contribution in [2.45, 2.75) is 6.04 Å². The smallest absolute Gasteiger partial charge is 0.113 e.